The fraction of sp³-hybridized carbons (Fsp3) is 0.500. The SMILES string of the molecule is Cc1cc(C(=O)NC2CCCC2CN)ccc1Br. The minimum Gasteiger partial charge on any atom is -0.349 e. The van der Waals surface area contributed by atoms with Gasteiger partial charge in [0.05, 0.1) is 0 Å². The lowest BCUT2D eigenvalue weighted by Crippen LogP contribution is -2.39. The van der Waals surface area contributed by atoms with Crippen LogP contribution in [0.5, 0.6) is 0 Å². The molecule has 1 fully saturated rings. The fourth-order valence-corrected chi connectivity index (χ4v) is 2.79. The van der Waals surface area contributed by atoms with Gasteiger partial charge in [-0.05, 0) is 56.0 Å². The predicted molar refractivity (Wildman–Crippen MR) is 76.5 cm³/mol. The number of aryl methyl sites for hydroxylation is 1. The third kappa shape index (κ3) is 2.93. The van der Waals surface area contributed by atoms with E-state index >= 15 is 0 Å². The molecule has 1 aliphatic carbocycles. The van der Waals surface area contributed by atoms with Gasteiger partial charge in [-0.15, -0.1) is 0 Å². The van der Waals surface area contributed by atoms with E-state index < -0.39 is 0 Å². The van der Waals surface area contributed by atoms with Gasteiger partial charge in [-0.3, -0.25) is 4.79 Å². The van der Waals surface area contributed by atoms with Gasteiger partial charge in [0, 0.05) is 16.1 Å². The molecule has 1 aromatic carbocycles. The molecule has 3 N–H and O–H groups in total. The minimum atomic E-state index is 0.0101. The average Bonchev–Trinajstić information content (AvgIpc) is 2.79. The summed E-state index contributed by atoms with van der Waals surface area (Å²) in [5.74, 6) is 0.446. The molecule has 18 heavy (non-hydrogen) atoms. The molecule has 0 radical (unpaired) electrons. The summed E-state index contributed by atoms with van der Waals surface area (Å²) < 4.78 is 1.03. The Hall–Kier alpha value is -0.870. The first-order valence-electron chi connectivity index (χ1n) is 6.39. The molecule has 2 unspecified atom stereocenters. The summed E-state index contributed by atoms with van der Waals surface area (Å²) in [4.78, 5) is 12.2. The first-order valence-corrected chi connectivity index (χ1v) is 7.18. The highest BCUT2D eigenvalue weighted by molar-refractivity contribution is 9.10. The smallest absolute Gasteiger partial charge is 0.251 e. The number of amides is 1. The van der Waals surface area contributed by atoms with Crippen molar-refractivity contribution in [1.82, 2.24) is 5.32 Å². The van der Waals surface area contributed by atoms with Crippen LogP contribution in [0.25, 0.3) is 0 Å². The Morgan fingerprint density at radius 3 is 2.94 bits per heavy atom. The van der Waals surface area contributed by atoms with E-state index in [1.54, 1.807) is 0 Å². The molecule has 0 spiro atoms. The van der Waals surface area contributed by atoms with E-state index in [1.165, 1.54) is 0 Å². The molecule has 1 amide bonds. The van der Waals surface area contributed by atoms with Gasteiger partial charge >= 0.3 is 0 Å². The Kier molecular flexibility index (Phi) is 4.40. The van der Waals surface area contributed by atoms with Gasteiger partial charge in [0.15, 0.2) is 0 Å². The van der Waals surface area contributed by atoms with E-state index in [2.05, 4.69) is 21.2 Å². The zero-order chi connectivity index (χ0) is 13.1. The number of carbonyl (C=O) groups is 1. The second-order valence-electron chi connectivity index (χ2n) is 4.97. The molecular formula is C14H19BrN2O. The molecule has 4 heteroatoms. The molecule has 3 nitrogen and oxygen atoms in total. The number of benzene rings is 1. The van der Waals surface area contributed by atoms with E-state index in [-0.39, 0.29) is 11.9 Å². The molecule has 2 rings (SSSR count). The number of nitrogens with two attached hydrogens (primary N) is 1. The summed E-state index contributed by atoms with van der Waals surface area (Å²) in [6.07, 6.45) is 3.33. The molecule has 0 aromatic heterocycles. The third-order valence-corrected chi connectivity index (χ3v) is 4.59. The molecule has 0 saturated heterocycles. The summed E-state index contributed by atoms with van der Waals surface area (Å²) in [5.41, 5.74) is 7.52. The molecule has 1 aromatic rings. The van der Waals surface area contributed by atoms with Crippen molar-refractivity contribution in [2.75, 3.05) is 6.54 Å². The first kappa shape index (κ1) is 13.6. The summed E-state index contributed by atoms with van der Waals surface area (Å²) in [6, 6.07) is 5.91. The Balaban J connectivity index is 2.05. The van der Waals surface area contributed by atoms with Gasteiger partial charge in [-0.25, -0.2) is 0 Å². The standard InChI is InChI=1S/C14H19BrN2O/c1-9-7-10(5-6-12(9)15)14(18)17-13-4-2-3-11(13)8-16/h5-7,11,13H,2-4,8,16H2,1H3,(H,17,18). The van der Waals surface area contributed by atoms with Crippen LogP contribution in [0.4, 0.5) is 0 Å². The zero-order valence-corrected chi connectivity index (χ0v) is 12.2. The monoisotopic (exact) mass is 310 g/mol. The van der Waals surface area contributed by atoms with E-state index in [0.29, 0.717) is 12.5 Å². The first-order chi connectivity index (χ1) is 8.61. The van der Waals surface area contributed by atoms with Crippen LogP contribution >= 0.6 is 15.9 Å². The van der Waals surface area contributed by atoms with E-state index in [0.717, 1.165) is 34.9 Å². The van der Waals surface area contributed by atoms with Crippen LogP contribution in [0, 0.1) is 12.8 Å². The average molecular weight is 311 g/mol. The van der Waals surface area contributed by atoms with Crippen LogP contribution < -0.4 is 11.1 Å². The minimum absolute atomic E-state index is 0.0101. The molecule has 1 saturated carbocycles. The van der Waals surface area contributed by atoms with Gasteiger partial charge in [-0.1, -0.05) is 22.4 Å². The largest absolute Gasteiger partial charge is 0.349 e. The highest BCUT2D eigenvalue weighted by Gasteiger charge is 2.27. The number of nitrogens with one attached hydrogen (secondary N) is 1. The number of hydrogen-bond donors (Lipinski definition) is 2. The van der Waals surface area contributed by atoms with Gasteiger partial charge < -0.3 is 11.1 Å². The molecule has 98 valence electrons. The second kappa shape index (κ2) is 5.85. The maximum Gasteiger partial charge on any atom is 0.251 e. The van der Waals surface area contributed by atoms with Crippen molar-refractivity contribution in [2.24, 2.45) is 11.7 Å². The third-order valence-electron chi connectivity index (χ3n) is 3.70. The number of rotatable bonds is 3. The van der Waals surface area contributed by atoms with Crippen LogP contribution in [0.1, 0.15) is 35.2 Å². The van der Waals surface area contributed by atoms with E-state index in [4.69, 9.17) is 5.73 Å². The normalized spacial score (nSPS) is 23.1. The van der Waals surface area contributed by atoms with Crippen molar-refractivity contribution in [3.8, 4) is 0 Å². The van der Waals surface area contributed by atoms with Crippen molar-refractivity contribution < 1.29 is 4.79 Å². The van der Waals surface area contributed by atoms with Crippen molar-refractivity contribution in [1.29, 1.82) is 0 Å². The van der Waals surface area contributed by atoms with Crippen LogP contribution in [-0.4, -0.2) is 18.5 Å². The Bertz CT molecular complexity index is 447. The Morgan fingerprint density at radius 2 is 2.28 bits per heavy atom. The van der Waals surface area contributed by atoms with Crippen LogP contribution in [0.15, 0.2) is 22.7 Å². The molecule has 2 atom stereocenters. The maximum atomic E-state index is 12.2. The number of hydrogen-bond acceptors (Lipinski definition) is 2. The lowest BCUT2D eigenvalue weighted by Gasteiger charge is -2.19. The highest BCUT2D eigenvalue weighted by Crippen LogP contribution is 2.25. The molecule has 0 bridgehead atoms. The van der Waals surface area contributed by atoms with Crippen LogP contribution in [-0.2, 0) is 0 Å². The summed E-state index contributed by atoms with van der Waals surface area (Å²) >= 11 is 3.44. The topological polar surface area (TPSA) is 55.1 Å². The van der Waals surface area contributed by atoms with Gasteiger partial charge in [-0.2, -0.15) is 0 Å². The van der Waals surface area contributed by atoms with Crippen molar-refractivity contribution >= 4 is 21.8 Å². The summed E-state index contributed by atoms with van der Waals surface area (Å²) in [7, 11) is 0. The summed E-state index contributed by atoms with van der Waals surface area (Å²) in [5, 5.41) is 3.11. The Morgan fingerprint density at radius 1 is 1.50 bits per heavy atom. The number of carbonyl (C=O) groups excluding carboxylic acids is 1. The summed E-state index contributed by atoms with van der Waals surface area (Å²) in [6.45, 7) is 2.64. The fourth-order valence-electron chi connectivity index (χ4n) is 2.55. The maximum absolute atomic E-state index is 12.2. The van der Waals surface area contributed by atoms with Crippen molar-refractivity contribution in [3.63, 3.8) is 0 Å². The van der Waals surface area contributed by atoms with Gasteiger partial charge in [0.2, 0.25) is 0 Å². The molecule has 0 heterocycles. The van der Waals surface area contributed by atoms with E-state index in [1.807, 2.05) is 25.1 Å². The highest BCUT2D eigenvalue weighted by atomic mass is 79.9. The number of halogens is 1. The lowest BCUT2D eigenvalue weighted by atomic mass is 10.0. The lowest BCUT2D eigenvalue weighted by molar-refractivity contribution is 0.0928. The van der Waals surface area contributed by atoms with Gasteiger partial charge in [0.1, 0.15) is 0 Å². The van der Waals surface area contributed by atoms with Crippen molar-refractivity contribution in [2.45, 2.75) is 32.2 Å². The van der Waals surface area contributed by atoms with Crippen LogP contribution in [0.2, 0.25) is 0 Å². The predicted octanol–water partition coefficient (Wildman–Crippen LogP) is 2.61. The molecular weight excluding hydrogens is 292 g/mol. The Labute approximate surface area is 116 Å². The second-order valence-corrected chi connectivity index (χ2v) is 5.82. The quantitative estimate of drug-likeness (QED) is 0.901. The van der Waals surface area contributed by atoms with Crippen LogP contribution in [0.3, 0.4) is 0 Å². The molecule has 0 aliphatic heterocycles. The van der Waals surface area contributed by atoms with Gasteiger partial charge in [0.25, 0.3) is 5.91 Å². The van der Waals surface area contributed by atoms with Crippen molar-refractivity contribution in [3.05, 3.63) is 33.8 Å². The zero-order valence-electron chi connectivity index (χ0n) is 10.6. The molecule has 1 aliphatic rings. The van der Waals surface area contributed by atoms with E-state index in [9.17, 15) is 4.79 Å².